The highest BCUT2D eigenvalue weighted by atomic mass is 32.2. The van der Waals surface area contributed by atoms with Crippen LogP contribution in [0.4, 0.5) is 0 Å². The predicted molar refractivity (Wildman–Crippen MR) is 62.0 cm³/mol. The Hall–Kier alpha value is -1.82. The molecule has 88 valence electrons. The molecule has 0 spiro atoms. The number of nitrogens with zero attached hydrogens (tertiary/aromatic N) is 2. The van der Waals surface area contributed by atoms with Crippen LogP contribution in [0.5, 0.6) is 0 Å². The zero-order valence-electron chi connectivity index (χ0n) is 9.08. The van der Waals surface area contributed by atoms with Crippen molar-refractivity contribution in [2.45, 2.75) is 17.7 Å². The van der Waals surface area contributed by atoms with Gasteiger partial charge in [0.2, 0.25) is 0 Å². The molecule has 0 aliphatic heterocycles. The number of rotatable bonds is 4. The molecule has 6 heteroatoms. The first kappa shape index (κ1) is 11.7. The Balaban J connectivity index is 1.97. The summed E-state index contributed by atoms with van der Waals surface area (Å²) in [5.41, 5.74) is 1.03. The molecule has 0 bridgehead atoms. The summed E-state index contributed by atoms with van der Waals surface area (Å²) in [4.78, 5) is 14.7. The second kappa shape index (κ2) is 5.01. The lowest BCUT2D eigenvalue weighted by Gasteiger charge is -1.98. The number of carboxylic acids is 1. The van der Waals surface area contributed by atoms with Crippen molar-refractivity contribution in [3.8, 4) is 0 Å². The van der Waals surface area contributed by atoms with E-state index in [4.69, 9.17) is 9.63 Å². The molecule has 0 saturated carbocycles. The summed E-state index contributed by atoms with van der Waals surface area (Å²) in [5.74, 6) is 0.428. The van der Waals surface area contributed by atoms with Crippen LogP contribution in [-0.4, -0.2) is 21.2 Å². The highest BCUT2D eigenvalue weighted by Crippen LogP contribution is 2.21. The number of thioether (sulfide) groups is 1. The normalized spacial score (nSPS) is 10.4. The van der Waals surface area contributed by atoms with Gasteiger partial charge in [-0.1, -0.05) is 16.9 Å². The van der Waals surface area contributed by atoms with Gasteiger partial charge in [0.25, 0.3) is 0 Å². The molecule has 0 amide bonds. The second-order valence-electron chi connectivity index (χ2n) is 3.41. The molecule has 2 aromatic rings. The number of aryl methyl sites for hydroxylation is 1. The van der Waals surface area contributed by atoms with E-state index in [-0.39, 0.29) is 5.56 Å². The van der Waals surface area contributed by atoms with Crippen LogP contribution in [0.1, 0.15) is 21.8 Å². The summed E-state index contributed by atoms with van der Waals surface area (Å²) in [6.45, 7) is 1.86. The molecule has 0 saturated heterocycles. The molecule has 0 aliphatic carbocycles. The van der Waals surface area contributed by atoms with Crippen LogP contribution in [0, 0.1) is 6.92 Å². The van der Waals surface area contributed by atoms with Gasteiger partial charge >= 0.3 is 5.97 Å². The fourth-order valence-corrected chi connectivity index (χ4v) is 1.94. The summed E-state index contributed by atoms with van der Waals surface area (Å²) < 4.78 is 5.06. The Morgan fingerprint density at radius 1 is 1.53 bits per heavy atom. The third-order valence-corrected chi connectivity index (χ3v) is 2.99. The molecular weight excluding hydrogens is 240 g/mol. The van der Waals surface area contributed by atoms with Crippen LogP contribution in [0.3, 0.4) is 0 Å². The summed E-state index contributed by atoms with van der Waals surface area (Å²) in [6, 6.07) is 5.07. The monoisotopic (exact) mass is 250 g/mol. The second-order valence-corrected chi connectivity index (χ2v) is 4.41. The smallest absolute Gasteiger partial charge is 0.337 e. The molecule has 17 heavy (non-hydrogen) atoms. The lowest BCUT2D eigenvalue weighted by molar-refractivity contribution is 0.0696. The van der Waals surface area contributed by atoms with Crippen molar-refractivity contribution >= 4 is 17.7 Å². The lowest BCUT2D eigenvalue weighted by atomic mass is 10.3. The van der Waals surface area contributed by atoms with Gasteiger partial charge in [-0.15, -0.1) is 0 Å². The minimum absolute atomic E-state index is 0.185. The molecule has 2 rings (SSSR count). The molecule has 1 N–H and O–H groups in total. The van der Waals surface area contributed by atoms with Crippen molar-refractivity contribution in [3.63, 3.8) is 0 Å². The number of aromatic carboxylic acids is 1. The fourth-order valence-electron chi connectivity index (χ4n) is 1.22. The van der Waals surface area contributed by atoms with E-state index in [0.29, 0.717) is 5.75 Å². The Morgan fingerprint density at radius 3 is 2.88 bits per heavy atom. The SMILES string of the molecule is Cc1cc(CSc2ccc(C(=O)O)cn2)on1. The summed E-state index contributed by atoms with van der Waals surface area (Å²) in [5, 5.41) is 13.2. The third-order valence-electron chi connectivity index (χ3n) is 2.02. The maximum absolute atomic E-state index is 10.6. The van der Waals surface area contributed by atoms with Gasteiger partial charge in [-0.3, -0.25) is 0 Å². The van der Waals surface area contributed by atoms with Crippen LogP contribution in [-0.2, 0) is 5.75 Å². The van der Waals surface area contributed by atoms with Crippen LogP contribution in [0.2, 0.25) is 0 Å². The van der Waals surface area contributed by atoms with Gasteiger partial charge in [-0.05, 0) is 19.1 Å². The zero-order chi connectivity index (χ0) is 12.3. The number of aromatic nitrogens is 2. The van der Waals surface area contributed by atoms with E-state index in [1.165, 1.54) is 24.0 Å². The largest absolute Gasteiger partial charge is 0.478 e. The standard InChI is InChI=1S/C11H10N2O3S/c1-7-4-9(16-13-7)6-17-10-3-2-8(5-12-10)11(14)15/h2-5H,6H2,1H3,(H,14,15). The average molecular weight is 250 g/mol. The first-order valence-electron chi connectivity index (χ1n) is 4.89. The predicted octanol–water partition coefficient (Wildman–Crippen LogP) is 2.37. The Morgan fingerprint density at radius 2 is 2.35 bits per heavy atom. The van der Waals surface area contributed by atoms with Crippen molar-refractivity contribution in [2.75, 3.05) is 0 Å². The van der Waals surface area contributed by atoms with Crippen LogP contribution in [0.25, 0.3) is 0 Å². The van der Waals surface area contributed by atoms with E-state index in [0.717, 1.165) is 16.5 Å². The van der Waals surface area contributed by atoms with Gasteiger partial charge in [0, 0.05) is 12.3 Å². The van der Waals surface area contributed by atoms with Crippen LogP contribution >= 0.6 is 11.8 Å². The van der Waals surface area contributed by atoms with E-state index in [1.54, 1.807) is 6.07 Å². The lowest BCUT2D eigenvalue weighted by Crippen LogP contribution is -1.96. The summed E-state index contributed by atoms with van der Waals surface area (Å²) in [7, 11) is 0. The Labute approximate surface area is 102 Å². The molecule has 0 aliphatic rings. The van der Waals surface area contributed by atoms with Crippen molar-refractivity contribution in [2.24, 2.45) is 0 Å². The maximum Gasteiger partial charge on any atom is 0.337 e. The molecule has 0 unspecified atom stereocenters. The van der Waals surface area contributed by atoms with Gasteiger partial charge in [-0.2, -0.15) is 0 Å². The zero-order valence-corrected chi connectivity index (χ0v) is 9.90. The number of carbonyl (C=O) groups is 1. The molecule has 0 radical (unpaired) electrons. The van der Waals surface area contributed by atoms with Gasteiger partial charge in [-0.25, -0.2) is 9.78 Å². The molecule has 0 fully saturated rings. The van der Waals surface area contributed by atoms with Crippen molar-refractivity contribution in [1.82, 2.24) is 10.1 Å². The maximum atomic E-state index is 10.6. The Bertz CT molecular complexity index is 522. The van der Waals surface area contributed by atoms with Crippen LogP contribution in [0.15, 0.2) is 33.9 Å². The fraction of sp³-hybridized carbons (Fsp3) is 0.182. The summed E-state index contributed by atoms with van der Waals surface area (Å²) >= 11 is 1.47. The summed E-state index contributed by atoms with van der Waals surface area (Å²) in [6.07, 6.45) is 1.34. The van der Waals surface area contributed by atoms with Crippen LogP contribution < -0.4 is 0 Å². The highest BCUT2D eigenvalue weighted by molar-refractivity contribution is 7.98. The molecule has 5 nitrogen and oxygen atoms in total. The van der Waals surface area contributed by atoms with Crippen molar-refractivity contribution in [1.29, 1.82) is 0 Å². The number of hydrogen-bond acceptors (Lipinski definition) is 5. The highest BCUT2D eigenvalue weighted by Gasteiger charge is 2.05. The number of hydrogen-bond donors (Lipinski definition) is 1. The van der Waals surface area contributed by atoms with E-state index in [1.807, 2.05) is 13.0 Å². The molecule has 0 atom stereocenters. The quantitative estimate of drug-likeness (QED) is 0.839. The minimum atomic E-state index is -0.972. The van der Waals surface area contributed by atoms with E-state index >= 15 is 0 Å². The van der Waals surface area contributed by atoms with E-state index < -0.39 is 5.97 Å². The first-order valence-corrected chi connectivity index (χ1v) is 5.88. The van der Waals surface area contributed by atoms with Gasteiger partial charge in [0.1, 0.15) is 5.76 Å². The minimum Gasteiger partial charge on any atom is -0.478 e. The van der Waals surface area contributed by atoms with E-state index in [2.05, 4.69) is 10.1 Å². The topological polar surface area (TPSA) is 76.2 Å². The van der Waals surface area contributed by atoms with Crippen molar-refractivity contribution < 1.29 is 14.4 Å². The van der Waals surface area contributed by atoms with E-state index in [9.17, 15) is 4.79 Å². The molecule has 2 aromatic heterocycles. The molecule has 0 aromatic carbocycles. The Kier molecular flexibility index (Phi) is 3.43. The van der Waals surface area contributed by atoms with Gasteiger partial charge in [0.15, 0.2) is 0 Å². The first-order chi connectivity index (χ1) is 8.15. The van der Waals surface area contributed by atoms with Gasteiger partial charge < -0.3 is 9.63 Å². The third kappa shape index (κ3) is 3.07. The number of pyridine rings is 1. The average Bonchev–Trinajstić information content (AvgIpc) is 2.73. The number of carboxylic acid groups (broad SMARTS) is 1. The molecule has 2 heterocycles. The molecular formula is C11H10N2O3S. The van der Waals surface area contributed by atoms with Crippen molar-refractivity contribution in [3.05, 3.63) is 41.4 Å². The van der Waals surface area contributed by atoms with Gasteiger partial charge in [0.05, 0.1) is 22.0 Å².